The van der Waals surface area contributed by atoms with E-state index in [-0.39, 0.29) is 0 Å². The molecule has 0 radical (unpaired) electrons. The van der Waals surface area contributed by atoms with Gasteiger partial charge in [0.2, 0.25) is 0 Å². The van der Waals surface area contributed by atoms with Crippen LogP contribution in [-0.4, -0.2) is 11.9 Å². The Bertz CT molecular complexity index is 833. The molecule has 0 N–H and O–H groups in total. The van der Waals surface area contributed by atoms with E-state index in [1.165, 1.54) is 6.26 Å². The molecule has 24 heavy (non-hydrogen) atoms. The Balaban J connectivity index is 2.09. The summed E-state index contributed by atoms with van der Waals surface area (Å²) in [6, 6.07) is 10.6. The van der Waals surface area contributed by atoms with Crippen molar-refractivity contribution in [1.82, 2.24) is 0 Å². The van der Waals surface area contributed by atoms with Crippen LogP contribution in [-0.2, 0) is 14.3 Å². The number of rotatable bonds is 6. The lowest BCUT2D eigenvalue weighted by molar-refractivity contribution is -0.132. The van der Waals surface area contributed by atoms with E-state index in [0.717, 1.165) is 23.1 Å². The number of fused-ring (bicyclic) bond motifs is 1. The third kappa shape index (κ3) is 4.58. The van der Waals surface area contributed by atoms with E-state index < -0.39 is 11.9 Å². The van der Waals surface area contributed by atoms with Crippen molar-refractivity contribution >= 4 is 22.7 Å². The van der Waals surface area contributed by atoms with Crippen LogP contribution >= 0.6 is 0 Å². The zero-order chi connectivity index (χ0) is 17.5. The van der Waals surface area contributed by atoms with E-state index in [0.29, 0.717) is 17.1 Å². The minimum Gasteiger partial charge on any atom is -0.462 e. The fraction of sp³-hybridized carbons (Fsp3) is 0.0526. The van der Waals surface area contributed by atoms with Gasteiger partial charge in [-0.05, 0) is 42.0 Å². The summed E-state index contributed by atoms with van der Waals surface area (Å²) in [5.74, 6) is -0.0146. The summed E-state index contributed by atoms with van der Waals surface area (Å²) in [5.41, 5.74) is 0.336. The summed E-state index contributed by atoms with van der Waals surface area (Å²) >= 11 is 0. The van der Waals surface area contributed by atoms with Crippen LogP contribution in [0.4, 0.5) is 0 Å². The van der Waals surface area contributed by atoms with E-state index in [2.05, 4.69) is 17.9 Å². The highest BCUT2D eigenvalue weighted by atomic mass is 16.5. The Morgan fingerprint density at radius 1 is 1.00 bits per heavy atom. The van der Waals surface area contributed by atoms with Crippen molar-refractivity contribution in [2.24, 2.45) is 0 Å². The van der Waals surface area contributed by atoms with Gasteiger partial charge in [-0.1, -0.05) is 25.3 Å². The molecular weight excluding hydrogens is 308 g/mol. The minimum atomic E-state index is -0.565. The zero-order valence-corrected chi connectivity index (χ0v) is 13.2. The van der Waals surface area contributed by atoms with Crippen LogP contribution in [0.25, 0.3) is 10.8 Å². The van der Waals surface area contributed by atoms with Gasteiger partial charge < -0.3 is 14.2 Å². The lowest BCUT2D eigenvalue weighted by Gasteiger charge is -2.06. The highest BCUT2D eigenvalue weighted by Crippen LogP contribution is 2.25. The molecule has 0 spiro atoms. The van der Waals surface area contributed by atoms with Crippen LogP contribution in [0.2, 0.25) is 0 Å². The highest BCUT2D eigenvalue weighted by Gasteiger charge is 2.06. The summed E-state index contributed by atoms with van der Waals surface area (Å²) in [6.45, 7) is 8.41. The van der Waals surface area contributed by atoms with Crippen LogP contribution in [0, 0.1) is 0 Å². The zero-order valence-electron chi connectivity index (χ0n) is 13.2. The Morgan fingerprint density at radius 3 is 2.25 bits per heavy atom. The number of carbonyl (C=O) groups excluding carboxylic acids is 2. The quantitative estimate of drug-likeness (QED) is 0.349. The monoisotopic (exact) mass is 324 g/mol. The molecule has 0 saturated heterocycles. The second-order valence-corrected chi connectivity index (χ2v) is 4.87. The van der Waals surface area contributed by atoms with Gasteiger partial charge in [0.1, 0.15) is 24.0 Å². The first kappa shape index (κ1) is 17.0. The van der Waals surface area contributed by atoms with Crippen LogP contribution < -0.4 is 9.47 Å². The predicted molar refractivity (Wildman–Crippen MR) is 90.5 cm³/mol. The molecule has 2 rings (SSSR count). The minimum absolute atomic E-state index is 0.336. The molecule has 0 heterocycles. The number of esters is 2. The number of hydrogen-bond acceptors (Lipinski definition) is 5. The normalized spacial score (nSPS) is 10.4. The van der Waals surface area contributed by atoms with Gasteiger partial charge in [-0.25, -0.2) is 9.59 Å². The average Bonchev–Trinajstić information content (AvgIpc) is 2.58. The first-order valence-corrected chi connectivity index (χ1v) is 7.06. The van der Waals surface area contributed by atoms with E-state index in [1.807, 2.05) is 12.1 Å². The summed E-state index contributed by atoms with van der Waals surface area (Å²) in [5, 5.41) is 1.79. The summed E-state index contributed by atoms with van der Waals surface area (Å²) < 4.78 is 15.2. The van der Waals surface area contributed by atoms with Crippen molar-refractivity contribution in [3.05, 3.63) is 73.7 Å². The maximum atomic E-state index is 11.5. The molecule has 2 aromatic rings. The van der Waals surface area contributed by atoms with E-state index in [9.17, 15) is 9.59 Å². The van der Waals surface area contributed by atoms with Gasteiger partial charge >= 0.3 is 11.9 Å². The van der Waals surface area contributed by atoms with Crippen molar-refractivity contribution in [3.8, 4) is 11.5 Å². The molecule has 0 aliphatic carbocycles. The molecule has 0 amide bonds. The van der Waals surface area contributed by atoms with Gasteiger partial charge in [0.15, 0.2) is 0 Å². The third-order valence-corrected chi connectivity index (χ3v) is 2.95. The van der Waals surface area contributed by atoms with E-state index in [4.69, 9.17) is 9.47 Å². The van der Waals surface area contributed by atoms with Gasteiger partial charge in [-0.3, -0.25) is 0 Å². The summed E-state index contributed by atoms with van der Waals surface area (Å²) in [6.07, 6.45) is 3.44. The average molecular weight is 324 g/mol. The number of ether oxygens (including phenoxy) is 3. The van der Waals surface area contributed by atoms with Crippen molar-refractivity contribution in [2.45, 2.75) is 6.92 Å². The first-order valence-electron chi connectivity index (χ1n) is 7.06. The fourth-order valence-electron chi connectivity index (χ4n) is 1.78. The van der Waals surface area contributed by atoms with Crippen molar-refractivity contribution in [2.75, 3.05) is 0 Å². The predicted octanol–water partition coefficient (Wildman–Crippen LogP) is 3.90. The number of benzene rings is 2. The maximum Gasteiger partial charge on any atom is 0.338 e. The summed E-state index contributed by atoms with van der Waals surface area (Å²) in [7, 11) is 0. The van der Waals surface area contributed by atoms with Crippen LogP contribution in [0.1, 0.15) is 6.92 Å². The smallest absolute Gasteiger partial charge is 0.338 e. The SMILES string of the molecule is C=CC(=O)OC=COc1ccc2cc(OC(=O)C(=C)C)ccc2c1. The molecule has 0 unspecified atom stereocenters. The molecule has 0 saturated carbocycles. The van der Waals surface area contributed by atoms with Crippen LogP contribution in [0.3, 0.4) is 0 Å². The Kier molecular flexibility index (Phi) is 5.52. The lowest BCUT2D eigenvalue weighted by atomic mass is 10.1. The molecule has 5 nitrogen and oxygen atoms in total. The maximum absolute atomic E-state index is 11.5. The van der Waals surface area contributed by atoms with Gasteiger partial charge in [-0.2, -0.15) is 0 Å². The lowest BCUT2D eigenvalue weighted by Crippen LogP contribution is -2.07. The number of hydrogen-bond donors (Lipinski definition) is 0. The molecule has 0 bridgehead atoms. The Hall–Kier alpha value is -3.34. The molecule has 0 atom stereocenters. The van der Waals surface area contributed by atoms with E-state index >= 15 is 0 Å². The first-order chi connectivity index (χ1) is 11.5. The summed E-state index contributed by atoms with van der Waals surface area (Å²) in [4.78, 5) is 22.4. The molecule has 2 aromatic carbocycles. The second-order valence-electron chi connectivity index (χ2n) is 4.87. The molecule has 0 fully saturated rings. The van der Waals surface area contributed by atoms with Gasteiger partial charge in [0.25, 0.3) is 0 Å². The Labute approximate surface area is 139 Å². The molecular formula is C19H16O5. The molecule has 0 aromatic heterocycles. The third-order valence-electron chi connectivity index (χ3n) is 2.95. The molecule has 0 aliphatic heterocycles. The second kappa shape index (κ2) is 7.78. The Morgan fingerprint density at radius 2 is 1.62 bits per heavy atom. The van der Waals surface area contributed by atoms with Gasteiger partial charge in [0.05, 0.1) is 0 Å². The standard InChI is InChI=1S/C19H16O5/c1-4-18(20)23-10-9-22-16-7-5-15-12-17(8-6-14(15)11-16)24-19(21)13(2)3/h4-12H,1-2H2,3H3. The van der Waals surface area contributed by atoms with E-state index in [1.54, 1.807) is 31.2 Å². The van der Waals surface area contributed by atoms with Gasteiger partial charge in [-0.15, -0.1) is 0 Å². The van der Waals surface area contributed by atoms with Crippen molar-refractivity contribution in [1.29, 1.82) is 0 Å². The molecule has 122 valence electrons. The van der Waals surface area contributed by atoms with Gasteiger partial charge in [0, 0.05) is 11.6 Å². The van der Waals surface area contributed by atoms with Crippen molar-refractivity contribution < 1.29 is 23.8 Å². The highest BCUT2D eigenvalue weighted by molar-refractivity contribution is 5.90. The number of carbonyl (C=O) groups is 2. The largest absolute Gasteiger partial charge is 0.462 e. The molecule has 5 heteroatoms. The topological polar surface area (TPSA) is 61.8 Å². The fourth-order valence-corrected chi connectivity index (χ4v) is 1.78. The molecule has 0 aliphatic rings. The van der Waals surface area contributed by atoms with Crippen LogP contribution in [0.5, 0.6) is 11.5 Å². The van der Waals surface area contributed by atoms with Crippen LogP contribution in [0.15, 0.2) is 73.7 Å². The van der Waals surface area contributed by atoms with Crippen molar-refractivity contribution in [3.63, 3.8) is 0 Å².